The number of benzene rings is 1. The van der Waals surface area contributed by atoms with Crippen molar-refractivity contribution in [3.05, 3.63) is 81.1 Å². The molecule has 0 radical (unpaired) electrons. The van der Waals surface area contributed by atoms with Crippen molar-refractivity contribution in [3.8, 4) is 11.1 Å². The van der Waals surface area contributed by atoms with E-state index in [-0.39, 0.29) is 18.5 Å². The van der Waals surface area contributed by atoms with Crippen molar-refractivity contribution in [2.45, 2.75) is 32.9 Å². The molecule has 2 aromatic heterocycles. The summed E-state index contributed by atoms with van der Waals surface area (Å²) >= 11 is 6.07. The summed E-state index contributed by atoms with van der Waals surface area (Å²) in [6.45, 7) is 6.15. The first kappa shape index (κ1) is 22.2. The highest BCUT2D eigenvalue weighted by Gasteiger charge is 2.18. The second-order valence-corrected chi connectivity index (χ2v) is 7.92. The van der Waals surface area contributed by atoms with Crippen LogP contribution < -0.4 is 10.6 Å². The molecule has 0 aliphatic carbocycles. The third-order valence-corrected chi connectivity index (χ3v) is 4.90. The molecule has 0 fully saturated rings. The lowest BCUT2D eigenvalue weighted by molar-refractivity contribution is 0.0933. The van der Waals surface area contributed by atoms with Gasteiger partial charge in [-0.05, 0) is 67.3 Å². The largest absolute Gasteiger partial charge is 0.368 e. The molecule has 0 saturated heterocycles. The quantitative estimate of drug-likeness (QED) is 0.240. The Labute approximate surface area is 185 Å². The summed E-state index contributed by atoms with van der Waals surface area (Å²) in [6, 6.07) is 10.6. The number of hydrogen-bond donors (Lipinski definition) is 3. The maximum atomic E-state index is 12.9. The standard InChI is InChI=1S/C22H24ClN7O/c1-13(2)28-21-9-18(14(3)10-26-21)16-8-19(25-11-16)22(31)29-20(12-27-30-24)15-5-4-6-17(23)7-15/h4-11,13,20,25H,12H2,1-3H3,(H,26,28)(H,29,31)/t20-/m1/s1. The van der Waals surface area contributed by atoms with E-state index in [1.165, 1.54) is 0 Å². The lowest BCUT2D eigenvalue weighted by atomic mass is 10.0. The summed E-state index contributed by atoms with van der Waals surface area (Å²) in [4.78, 5) is 23.1. The highest BCUT2D eigenvalue weighted by molar-refractivity contribution is 6.30. The van der Waals surface area contributed by atoms with Gasteiger partial charge in [0.15, 0.2) is 0 Å². The SMILES string of the molecule is Cc1cnc(NC(C)C)cc1-c1c[nH]c(C(=O)N[C@H](CN=[N+]=[N-])c2cccc(Cl)c2)c1. The van der Waals surface area contributed by atoms with Crippen LogP contribution in [-0.2, 0) is 0 Å². The van der Waals surface area contributed by atoms with Crippen LogP contribution in [0.25, 0.3) is 21.6 Å². The molecule has 0 saturated carbocycles. The molecule has 0 bridgehead atoms. The summed E-state index contributed by atoms with van der Waals surface area (Å²) in [6.07, 6.45) is 3.60. The van der Waals surface area contributed by atoms with Gasteiger partial charge in [0.1, 0.15) is 11.5 Å². The second kappa shape index (κ2) is 10.0. The van der Waals surface area contributed by atoms with Gasteiger partial charge in [-0.25, -0.2) is 4.98 Å². The molecule has 8 nitrogen and oxygen atoms in total. The van der Waals surface area contributed by atoms with Gasteiger partial charge in [-0.2, -0.15) is 0 Å². The number of aromatic nitrogens is 2. The van der Waals surface area contributed by atoms with E-state index in [0.29, 0.717) is 10.7 Å². The van der Waals surface area contributed by atoms with Gasteiger partial charge in [-0.15, -0.1) is 0 Å². The summed E-state index contributed by atoms with van der Waals surface area (Å²) < 4.78 is 0. The van der Waals surface area contributed by atoms with Gasteiger partial charge in [0, 0.05) is 33.9 Å². The third kappa shape index (κ3) is 5.78. The van der Waals surface area contributed by atoms with Crippen molar-refractivity contribution in [1.29, 1.82) is 0 Å². The first-order valence-corrected chi connectivity index (χ1v) is 10.2. The van der Waals surface area contributed by atoms with Gasteiger partial charge in [0.05, 0.1) is 12.6 Å². The number of halogens is 1. The van der Waals surface area contributed by atoms with E-state index in [1.807, 2.05) is 39.1 Å². The van der Waals surface area contributed by atoms with E-state index in [1.54, 1.807) is 30.5 Å². The molecular formula is C22H24ClN7O. The van der Waals surface area contributed by atoms with Gasteiger partial charge in [0.25, 0.3) is 5.91 Å². The van der Waals surface area contributed by atoms with Gasteiger partial charge < -0.3 is 15.6 Å². The van der Waals surface area contributed by atoms with Crippen LogP contribution in [0, 0.1) is 6.92 Å². The fourth-order valence-corrected chi connectivity index (χ4v) is 3.40. The number of rotatable bonds is 8. The monoisotopic (exact) mass is 437 g/mol. The lowest BCUT2D eigenvalue weighted by Gasteiger charge is -2.17. The summed E-state index contributed by atoms with van der Waals surface area (Å²) in [5.74, 6) is 0.467. The van der Waals surface area contributed by atoms with Gasteiger partial charge in [-0.1, -0.05) is 28.8 Å². The van der Waals surface area contributed by atoms with Crippen molar-refractivity contribution in [2.24, 2.45) is 5.11 Å². The van der Waals surface area contributed by atoms with Crippen LogP contribution in [0.15, 0.2) is 53.9 Å². The second-order valence-electron chi connectivity index (χ2n) is 7.48. The number of nitrogens with zero attached hydrogens (tertiary/aromatic N) is 4. The fourth-order valence-electron chi connectivity index (χ4n) is 3.20. The maximum Gasteiger partial charge on any atom is 0.268 e. The number of amides is 1. The predicted molar refractivity (Wildman–Crippen MR) is 123 cm³/mol. The van der Waals surface area contributed by atoms with E-state index in [4.69, 9.17) is 17.1 Å². The summed E-state index contributed by atoms with van der Waals surface area (Å²) in [5.41, 5.74) is 12.7. The smallest absolute Gasteiger partial charge is 0.268 e. The Bertz CT molecular complexity index is 1120. The van der Waals surface area contributed by atoms with E-state index in [2.05, 4.69) is 30.6 Å². The minimum atomic E-state index is -0.502. The molecule has 31 heavy (non-hydrogen) atoms. The van der Waals surface area contributed by atoms with Crippen molar-refractivity contribution >= 4 is 23.3 Å². The average molecular weight is 438 g/mol. The average Bonchev–Trinajstić information content (AvgIpc) is 3.22. The maximum absolute atomic E-state index is 12.9. The zero-order chi connectivity index (χ0) is 22.4. The molecule has 9 heteroatoms. The van der Waals surface area contributed by atoms with Crippen molar-refractivity contribution in [1.82, 2.24) is 15.3 Å². The highest BCUT2D eigenvalue weighted by Crippen LogP contribution is 2.27. The predicted octanol–water partition coefficient (Wildman–Crippen LogP) is 5.64. The Morgan fingerprint density at radius 3 is 2.84 bits per heavy atom. The number of azide groups is 1. The Kier molecular flexibility index (Phi) is 7.18. The normalized spacial score (nSPS) is 11.6. The molecule has 2 heterocycles. The van der Waals surface area contributed by atoms with Crippen LogP contribution in [0.4, 0.5) is 5.82 Å². The molecule has 0 aliphatic heterocycles. The number of anilines is 1. The molecule has 1 aromatic carbocycles. The number of aromatic amines is 1. The number of carbonyl (C=O) groups excluding carboxylic acids is 1. The van der Waals surface area contributed by atoms with Crippen molar-refractivity contribution in [2.75, 3.05) is 11.9 Å². The van der Waals surface area contributed by atoms with Gasteiger partial charge in [0.2, 0.25) is 0 Å². The van der Waals surface area contributed by atoms with Crippen LogP contribution in [0.2, 0.25) is 5.02 Å². The molecule has 1 amide bonds. The van der Waals surface area contributed by atoms with E-state index < -0.39 is 6.04 Å². The van der Waals surface area contributed by atoms with Crippen molar-refractivity contribution in [3.63, 3.8) is 0 Å². The zero-order valence-corrected chi connectivity index (χ0v) is 18.3. The van der Waals surface area contributed by atoms with Crippen LogP contribution in [0.3, 0.4) is 0 Å². The Morgan fingerprint density at radius 2 is 2.13 bits per heavy atom. The molecule has 1 atom stereocenters. The molecule has 160 valence electrons. The zero-order valence-electron chi connectivity index (χ0n) is 17.6. The number of aryl methyl sites for hydroxylation is 1. The topological polar surface area (TPSA) is 119 Å². The first-order valence-electron chi connectivity index (χ1n) is 9.86. The number of nitrogens with one attached hydrogen (secondary N) is 3. The molecule has 0 spiro atoms. The molecule has 3 N–H and O–H groups in total. The van der Waals surface area contributed by atoms with E-state index >= 15 is 0 Å². The molecule has 0 unspecified atom stereocenters. The third-order valence-electron chi connectivity index (χ3n) is 4.66. The lowest BCUT2D eigenvalue weighted by Crippen LogP contribution is -2.30. The Hall–Kier alpha value is -3.48. The summed E-state index contributed by atoms with van der Waals surface area (Å²) in [7, 11) is 0. The van der Waals surface area contributed by atoms with E-state index in [0.717, 1.165) is 28.1 Å². The molecule has 3 aromatic rings. The molecule has 3 rings (SSSR count). The molecule has 0 aliphatic rings. The number of pyridine rings is 1. The van der Waals surface area contributed by atoms with Crippen LogP contribution in [0.5, 0.6) is 0 Å². The Balaban J connectivity index is 1.82. The number of carbonyl (C=O) groups is 1. The van der Waals surface area contributed by atoms with Gasteiger partial charge in [-0.3, -0.25) is 4.79 Å². The van der Waals surface area contributed by atoms with Crippen LogP contribution in [0.1, 0.15) is 41.5 Å². The minimum absolute atomic E-state index is 0.0733. The molecular weight excluding hydrogens is 414 g/mol. The van der Waals surface area contributed by atoms with Crippen LogP contribution >= 0.6 is 11.6 Å². The number of H-pyrrole nitrogens is 1. The minimum Gasteiger partial charge on any atom is -0.368 e. The summed E-state index contributed by atoms with van der Waals surface area (Å²) in [5, 5.41) is 10.4. The van der Waals surface area contributed by atoms with Crippen molar-refractivity contribution < 1.29 is 4.79 Å². The van der Waals surface area contributed by atoms with E-state index in [9.17, 15) is 4.79 Å². The highest BCUT2D eigenvalue weighted by atomic mass is 35.5. The first-order chi connectivity index (χ1) is 14.9. The number of hydrogen-bond acceptors (Lipinski definition) is 4. The Morgan fingerprint density at radius 1 is 1.32 bits per heavy atom. The van der Waals surface area contributed by atoms with Crippen LogP contribution in [-0.4, -0.2) is 28.5 Å². The van der Waals surface area contributed by atoms with Gasteiger partial charge >= 0.3 is 0 Å². The fraction of sp³-hybridized carbons (Fsp3) is 0.273.